The monoisotopic (exact) mass is 1070 g/mol. The molecule has 0 radical (unpaired) electrons. The second-order valence-corrected chi connectivity index (χ2v) is 21.5. The molecule has 0 spiro atoms. The summed E-state index contributed by atoms with van der Waals surface area (Å²) in [5.74, 6) is 0. The Labute approximate surface area is 490 Å². The molecule has 0 aliphatic carbocycles. The topological polar surface area (TPSA) is 19.4 Å². The molecule has 0 N–H and O–H groups in total. The number of hydrogen-bond acceptors (Lipinski definition) is 0. The maximum Gasteiger partial charge on any atom is 0.212 e. The molecular formula is C75H90N5+5. The Kier molecular flexibility index (Phi) is 18.1. The summed E-state index contributed by atoms with van der Waals surface area (Å²) in [6.45, 7) is 23.3. The van der Waals surface area contributed by atoms with E-state index in [0.717, 1.165) is 33.8 Å². The van der Waals surface area contributed by atoms with Gasteiger partial charge in [0, 0.05) is 131 Å². The largest absolute Gasteiger partial charge is 0.212 e. The zero-order chi connectivity index (χ0) is 63.5. The standard InChI is InChI=1S/5C15H18N/c1-11-7-5-9-14(13(11)3)15-10-6-8-12(2)16(15)4;2*1-11-8-9-14(12(2)10-11)15-7-5-6-13(3)16(15)4;2*1-11-8-9-12(2)14(10-11)15-7-5-6-13(3)16(15)4/h5*5-10H,1-4H3/q5*+1/i2D3;1D3;;;. The summed E-state index contributed by atoms with van der Waals surface area (Å²) in [6, 6.07) is 62.0. The van der Waals surface area contributed by atoms with E-state index in [-0.39, 0.29) is 0 Å². The molecule has 0 unspecified atom stereocenters. The number of nitrogens with zero attached hydrogens (tertiary/aromatic N) is 5. The van der Waals surface area contributed by atoms with E-state index in [0.29, 0.717) is 11.3 Å². The van der Waals surface area contributed by atoms with Crippen LogP contribution in [0.15, 0.2) is 182 Å². The molecule has 10 rings (SSSR count). The fourth-order valence-electron chi connectivity index (χ4n) is 9.81. The van der Waals surface area contributed by atoms with Gasteiger partial charge in [-0.2, -0.15) is 22.8 Å². The molecule has 5 heterocycles. The zero-order valence-electron chi connectivity index (χ0n) is 57.1. The third-order valence-corrected chi connectivity index (χ3v) is 15.5. The van der Waals surface area contributed by atoms with Crippen LogP contribution in [0.2, 0.25) is 0 Å². The van der Waals surface area contributed by atoms with Crippen LogP contribution in [-0.2, 0) is 35.2 Å². The Hall–Kier alpha value is -8.15. The van der Waals surface area contributed by atoms with Crippen LogP contribution in [-0.4, -0.2) is 0 Å². The van der Waals surface area contributed by atoms with Gasteiger partial charge in [-0.15, -0.1) is 0 Å². The number of benzene rings is 5. The summed E-state index contributed by atoms with van der Waals surface area (Å²) in [5, 5.41) is 0. The van der Waals surface area contributed by atoms with Crippen molar-refractivity contribution < 1.29 is 31.1 Å². The van der Waals surface area contributed by atoms with Crippen molar-refractivity contribution in [3.8, 4) is 56.3 Å². The van der Waals surface area contributed by atoms with E-state index in [2.05, 4.69) is 244 Å². The number of pyridine rings is 5. The summed E-state index contributed by atoms with van der Waals surface area (Å²) in [6.07, 6.45) is 0. The minimum Gasteiger partial charge on any atom is -0.199 e. The number of aromatic nitrogens is 5. The van der Waals surface area contributed by atoms with E-state index >= 15 is 0 Å². The first-order valence-electron chi connectivity index (χ1n) is 30.6. The fraction of sp³-hybridized carbons (Fsp3) is 0.267. The summed E-state index contributed by atoms with van der Waals surface area (Å²) in [4.78, 5) is 0. The maximum atomic E-state index is 7.58. The van der Waals surface area contributed by atoms with Crippen LogP contribution in [0, 0.1) is 104 Å². The van der Waals surface area contributed by atoms with Gasteiger partial charge < -0.3 is 0 Å². The lowest BCUT2D eigenvalue weighted by molar-refractivity contribution is -0.666. The molecule has 0 atom stereocenters. The molecule has 0 saturated heterocycles. The minimum absolute atomic E-state index is 0.353. The van der Waals surface area contributed by atoms with Crippen LogP contribution >= 0.6 is 0 Å². The van der Waals surface area contributed by atoms with Crippen LogP contribution in [0.25, 0.3) is 56.3 Å². The zero-order valence-corrected chi connectivity index (χ0v) is 51.1. The highest BCUT2D eigenvalue weighted by atomic mass is 15.0. The predicted octanol–water partition coefficient (Wildman–Crippen LogP) is 15.5. The van der Waals surface area contributed by atoms with E-state index < -0.39 is 13.7 Å². The molecule has 0 amide bonds. The Morgan fingerprint density at radius 3 is 0.938 bits per heavy atom. The first-order valence-corrected chi connectivity index (χ1v) is 27.6. The molecule has 410 valence electrons. The molecule has 5 aromatic heterocycles. The molecule has 5 heteroatoms. The van der Waals surface area contributed by atoms with E-state index in [9.17, 15) is 0 Å². The van der Waals surface area contributed by atoms with Gasteiger partial charge in [-0.05, 0) is 163 Å². The molecule has 0 bridgehead atoms. The highest BCUT2D eigenvalue weighted by Gasteiger charge is 2.18. The lowest BCUT2D eigenvalue weighted by Crippen LogP contribution is -2.34. The first kappa shape index (κ1) is 52.5. The second-order valence-electron chi connectivity index (χ2n) is 21.5. The van der Waals surface area contributed by atoms with Crippen LogP contribution < -0.4 is 22.8 Å². The quantitative estimate of drug-likeness (QED) is 0.153. The van der Waals surface area contributed by atoms with Crippen LogP contribution in [0.1, 0.15) is 92.3 Å². The van der Waals surface area contributed by atoms with E-state index in [1.165, 1.54) is 95.4 Å². The van der Waals surface area contributed by atoms with Crippen molar-refractivity contribution in [1.29, 1.82) is 0 Å². The van der Waals surface area contributed by atoms with E-state index in [1.54, 1.807) is 35.9 Å². The third-order valence-electron chi connectivity index (χ3n) is 15.5. The Bertz CT molecular complexity index is 3920. The molecule has 10 aromatic rings. The first-order chi connectivity index (χ1) is 40.4. The number of aryl methyl sites for hydroxylation is 14. The van der Waals surface area contributed by atoms with Gasteiger partial charge in [0.2, 0.25) is 28.5 Å². The SMILES string of the molecule is Cc1ccc(-c2cccc(C)[n+]2C)c(C)c1.Cc1ccc(C)c(-c2cccc(C)[n+]2C)c1.Cc1ccc(C)c(-c2cccc(C)[n+]2C)c1.[2H]C([2H])([2H])c1ccc(-c2cccc(C)[n+]2C)c(C)c1.[2H]C([2H])([2H])c1cccc(-c2cccc(C)c2C)[n+]1C. The van der Waals surface area contributed by atoms with Crippen molar-refractivity contribution >= 4 is 0 Å². The van der Waals surface area contributed by atoms with Crippen molar-refractivity contribution in [2.75, 3.05) is 0 Å². The molecule has 5 nitrogen and oxygen atoms in total. The Morgan fingerprint density at radius 1 is 0.237 bits per heavy atom. The smallest absolute Gasteiger partial charge is 0.199 e. The third kappa shape index (κ3) is 15.1. The van der Waals surface area contributed by atoms with Gasteiger partial charge in [0.05, 0.1) is 0 Å². The molecule has 5 aromatic carbocycles. The number of rotatable bonds is 5. The van der Waals surface area contributed by atoms with Gasteiger partial charge in [0.1, 0.15) is 35.2 Å². The molecule has 0 aliphatic heterocycles. The molecule has 0 saturated carbocycles. The minimum atomic E-state index is -2.09. The lowest BCUT2D eigenvalue weighted by atomic mass is 10.00. The van der Waals surface area contributed by atoms with E-state index in [1.807, 2.05) is 50.4 Å². The summed E-state index contributed by atoms with van der Waals surface area (Å²) in [5.41, 5.74) is 29.0. The van der Waals surface area contributed by atoms with Crippen molar-refractivity contribution in [3.63, 3.8) is 0 Å². The number of hydrogen-bond donors (Lipinski definition) is 0. The Balaban J connectivity index is 0.000000172. The van der Waals surface area contributed by atoms with Crippen LogP contribution in [0.4, 0.5) is 0 Å². The average molecular weight is 1070 g/mol. The van der Waals surface area contributed by atoms with Crippen molar-refractivity contribution in [1.82, 2.24) is 0 Å². The van der Waals surface area contributed by atoms with Crippen LogP contribution in [0.5, 0.6) is 0 Å². The van der Waals surface area contributed by atoms with Crippen molar-refractivity contribution in [2.45, 2.75) is 104 Å². The second kappa shape index (κ2) is 27.6. The van der Waals surface area contributed by atoms with Crippen molar-refractivity contribution in [2.24, 2.45) is 35.2 Å². The Morgan fingerprint density at radius 2 is 0.550 bits per heavy atom. The highest BCUT2D eigenvalue weighted by Crippen LogP contribution is 2.26. The van der Waals surface area contributed by atoms with Gasteiger partial charge in [-0.25, -0.2) is 0 Å². The maximum absolute atomic E-state index is 7.58. The normalized spacial score (nSPS) is 11.9. The van der Waals surface area contributed by atoms with Gasteiger partial charge in [-0.3, -0.25) is 0 Å². The van der Waals surface area contributed by atoms with Gasteiger partial charge in [0.15, 0.2) is 28.5 Å². The molecule has 80 heavy (non-hydrogen) atoms. The van der Waals surface area contributed by atoms with E-state index in [4.69, 9.17) is 8.22 Å². The van der Waals surface area contributed by atoms with Crippen LogP contribution in [0.3, 0.4) is 0 Å². The van der Waals surface area contributed by atoms with Crippen molar-refractivity contribution in [3.05, 3.63) is 266 Å². The lowest BCUT2D eigenvalue weighted by Gasteiger charge is -2.07. The summed E-state index contributed by atoms with van der Waals surface area (Å²) < 4.78 is 55.7. The summed E-state index contributed by atoms with van der Waals surface area (Å²) in [7, 11) is 10.2. The van der Waals surface area contributed by atoms with Gasteiger partial charge in [0.25, 0.3) is 0 Å². The summed E-state index contributed by atoms with van der Waals surface area (Å²) >= 11 is 0. The van der Waals surface area contributed by atoms with Gasteiger partial charge in [-0.1, -0.05) is 82.9 Å². The predicted molar refractivity (Wildman–Crippen MR) is 336 cm³/mol. The molecule has 0 aliphatic rings. The molecule has 0 fully saturated rings. The average Bonchev–Trinajstić information content (AvgIpc) is 2.25. The molecular weight excluding hydrogens is 971 g/mol. The fourth-order valence-corrected chi connectivity index (χ4v) is 9.81. The highest BCUT2D eigenvalue weighted by molar-refractivity contribution is 5.65. The van der Waals surface area contributed by atoms with Gasteiger partial charge >= 0.3 is 0 Å².